The van der Waals surface area contributed by atoms with Crippen molar-refractivity contribution in [2.45, 2.75) is 31.7 Å². The molecule has 0 spiro atoms. The van der Waals surface area contributed by atoms with Gasteiger partial charge in [0.15, 0.2) is 15.7 Å². The number of aromatic nitrogens is 1. The van der Waals surface area contributed by atoms with Crippen LogP contribution in [0.5, 0.6) is 0 Å². The summed E-state index contributed by atoms with van der Waals surface area (Å²) < 4.78 is 28.0. The molecular formula is C10H19N3O3S2. The second-order valence-corrected chi connectivity index (χ2v) is 7.08. The van der Waals surface area contributed by atoms with E-state index in [4.69, 9.17) is 10.8 Å². The van der Waals surface area contributed by atoms with Gasteiger partial charge in [0, 0.05) is 12.6 Å². The molecule has 1 heterocycles. The fourth-order valence-electron chi connectivity index (χ4n) is 1.61. The molecule has 3 N–H and O–H groups in total. The summed E-state index contributed by atoms with van der Waals surface area (Å²) >= 11 is 1.06. The molecule has 18 heavy (non-hydrogen) atoms. The Morgan fingerprint density at radius 1 is 1.50 bits per heavy atom. The third-order valence-corrected chi connectivity index (χ3v) is 5.39. The number of sulfone groups is 1. The molecule has 0 amide bonds. The Morgan fingerprint density at radius 2 is 2.11 bits per heavy atom. The van der Waals surface area contributed by atoms with Crippen LogP contribution in [0.15, 0.2) is 4.90 Å². The van der Waals surface area contributed by atoms with Gasteiger partial charge in [-0.1, -0.05) is 6.92 Å². The van der Waals surface area contributed by atoms with Gasteiger partial charge in [-0.25, -0.2) is 8.42 Å². The zero-order chi connectivity index (χ0) is 13.9. The zero-order valence-corrected chi connectivity index (χ0v) is 12.4. The van der Waals surface area contributed by atoms with Crippen molar-refractivity contribution in [3.63, 3.8) is 0 Å². The second kappa shape index (κ2) is 5.85. The number of nitrogen functional groups attached to an aromatic ring is 1. The predicted octanol–water partition coefficient (Wildman–Crippen LogP) is 0.726. The molecule has 0 saturated carbocycles. The lowest BCUT2D eigenvalue weighted by Crippen LogP contribution is -2.33. The van der Waals surface area contributed by atoms with Gasteiger partial charge in [-0.3, -0.25) is 0 Å². The van der Waals surface area contributed by atoms with Gasteiger partial charge in [0.05, 0.1) is 12.4 Å². The number of aliphatic hydroxyl groups excluding tert-OH is 1. The minimum Gasteiger partial charge on any atom is -0.395 e. The Labute approximate surface area is 112 Å². The lowest BCUT2D eigenvalue weighted by molar-refractivity contribution is 0.299. The number of hydrogen-bond donors (Lipinski definition) is 2. The van der Waals surface area contributed by atoms with Crippen LogP contribution in [0.1, 0.15) is 20.8 Å². The maximum absolute atomic E-state index is 12.0. The SMILES string of the molecule is CCS(=O)(=O)c1c(N)nsc1N(CCO)C(C)C. The third kappa shape index (κ3) is 2.93. The number of nitrogens with zero attached hydrogens (tertiary/aromatic N) is 2. The Hall–Kier alpha value is -0.860. The molecule has 1 aromatic heterocycles. The molecule has 0 aliphatic rings. The highest BCUT2D eigenvalue weighted by Gasteiger charge is 2.28. The van der Waals surface area contributed by atoms with Gasteiger partial charge in [0.25, 0.3) is 0 Å². The average molecular weight is 293 g/mol. The predicted molar refractivity (Wildman–Crippen MR) is 73.8 cm³/mol. The maximum Gasteiger partial charge on any atom is 0.184 e. The highest BCUT2D eigenvalue weighted by atomic mass is 32.2. The van der Waals surface area contributed by atoms with Crippen LogP contribution in [0.25, 0.3) is 0 Å². The van der Waals surface area contributed by atoms with Crippen LogP contribution < -0.4 is 10.6 Å². The molecule has 0 atom stereocenters. The maximum atomic E-state index is 12.0. The molecule has 0 aliphatic heterocycles. The van der Waals surface area contributed by atoms with Crippen molar-refractivity contribution >= 4 is 32.2 Å². The largest absolute Gasteiger partial charge is 0.395 e. The van der Waals surface area contributed by atoms with E-state index in [0.717, 1.165) is 11.5 Å². The number of aliphatic hydroxyl groups is 1. The summed E-state index contributed by atoms with van der Waals surface area (Å²) in [5.74, 6) is 0.0219. The zero-order valence-electron chi connectivity index (χ0n) is 10.8. The fourth-order valence-corrected chi connectivity index (χ4v) is 4.06. The van der Waals surface area contributed by atoms with Crippen molar-refractivity contribution in [3.05, 3.63) is 0 Å². The Kier molecular flexibility index (Phi) is 4.94. The second-order valence-electron chi connectivity index (χ2n) is 4.12. The summed E-state index contributed by atoms with van der Waals surface area (Å²) in [5, 5.41) is 9.58. The molecule has 1 rings (SSSR count). The molecule has 0 radical (unpaired) electrons. The highest BCUT2D eigenvalue weighted by molar-refractivity contribution is 7.91. The molecular weight excluding hydrogens is 274 g/mol. The summed E-state index contributed by atoms with van der Waals surface area (Å²) in [5.41, 5.74) is 5.67. The van der Waals surface area contributed by atoms with E-state index in [2.05, 4.69) is 4.37 Å². The minimum atomic E-state index is -3.41. The van der Waals surface area contributed by atoms with E-state index in [0.29, 0.717) is 11.5 Å². The van der Waals surface area contributed by atoms with E-state index in [9.17, 15) is 8.42 Å². The van der Waals surface area contributed by atoms with Gasteiger partial charge in [-0.15, -0.1) is 0 Å². The summed E-state index contributed by atoms with van der Waals surface area (Å²) in [7, 11) is -3.41. The number of hydrogen-bond acceptors (Lipinski definition) is 7. The molecule has 0 aromatic carbocycles. The van der Waals surface area contributed by atoms with Crippen molar-refractivity contribution < 1.29 is 13.5 Å². The van der Waals surface area contributed by atoms with Gasteiger partial charge in [0.1, 0.15) is 9.90 Å². The smallest absolute Gasteiger partial charge is 0.184 e. The van der Waals surface area contributed by atoms with Crippen molar-refractivity contribution in [2.24, 2.45) is 0 Å². The van der Waals surface area contributed by atoms with Gasteiger partial charge in [-0.2, -0.15) is 4.37 Å². The normalized spacial score (nSPS) is 12.1. The highest BCUT2D eigenvalue weighted by Crippen LogP contribution is 2.36. The number of anilines is 2. The van der Waals surface area contributed by atoms with Gasteiger partial charge in [-0.05, 0) is 25.4 Å². The van der Waals surface area contributed by atoms with Crippen LogP contribution in [0.3, 0.4) is 0 Å². The van der Waals surface area contributed by atoms with E-state index in [1.54, 1.807) is 11.8 Å². The van der Waals surface area contributed by atoms with E-state index in [1.807, 2.05) is 13.8 Å². The van der Waals surface area contributed by atoms with Gasteiger partial charge in [0.2, 0.25) is 0 Å². The Balaban J connectivity index is 3.33. The van der Waals surface area contributed by atoms with E-state index in [-0.39, 0.29) is 29.1 Å². The molecule has 1 aromatic rings. The van der Waals surface area contributed by atoms with Crippen LogP contribution in [0.2, 0.25) is 0 Å². The van der Waals surface area contributed by atoms with Crippen LogP contribution in [0, 0.1) is 0 Å². The van der Waals surface area contributed by atoms with Crippen molar-refractivity contribution in [1.29, 1.82) is 0 Å². The Bertz CT molecular complexity index is 496. The fraction of sp³-hybridized carbons (Fsp3) is 0.700. The van der Waals surface area contributed by atoms with Crippen LogP contribution >= 0.6 is 11.5 Å². The first-order valence-electron chi connectivity index (χ1n) is 5.70. The van der Waals surface area contributed by atoms with Crippen molar-refractivity contribution in [1.82, 2.24) is 4.37 Å². The van der Waals surface area contributed by atoms with Gasteiger partial charge >= 0.3 is 0 Å². The van der Waals surface area contributed by atoms with Gasteiger partial charge < -0.3 is 15.7 Å². The first kappa shape index (κ1) is 15.2. The average Bonchev–Trinajstić information content (AvgIpc) is 2.68. The molecule has 0 saturated heterocycles. The lowest BCUT2D eigenvalue weighted by atomic mass is 10.3. The number of rotatable bonds is 6. The molecule has 8 heteroatoms. The Morgan fingerprint density at radius 3 is 2.56 bits per heavy atom. The summed E-state index contributed by atoms with van der Waals surface area (Å²) in [6, 6.07) is 0.0582. The molecule has 0 unspecified atom stereocenters. The molecule has 0 bridgehead atoms. The topological polar surface area (TPSA) is 96.5 Å². The van der Waals surface area contributed by atoms with E-state index < -0.39 is 9.84 Å². The summed E-state index contributed by atoms with van der Waals surface area (Å²) in [6.07, 6.45) is 0. The van der Waals surface area contributed by atoms with Crippen LogP contribution in [-0.2, 0) is 9.84 Å². The van der Waals surface area contributed by atoms with Crippen molar-refractivity contribution in [3.8, 4) is 0 Å². The lowest BCUT2D eigenvalue weighted by Gasteiger charge is -2.27. The first-order chi connectivity index (χ1) is 8.35. The summed E-state index contributed by atoms with van der Waals surface area (Å²) in [6.45, 7) is 5.72. The molecule has 0 aliphatic carbocycles. The summed E-state index contributed by atoms with van der Waals surface area (Å²) in [4.78, 5) is 1.90. The minimum absolute atomic E-state index is 0.0202. The van der Waals surface area contributed by atoms with E-state index >= 15 is 0 Å². The quantitative estimate of drug-likeness (QED) is 0.802. The van der Waals surface area contributed by atoms with Crippen LogP contribution in [0.4, 0.5) is 10.8 Å². The monoisotopic (exact) mass is 293 g/mol. The third-order valence-electron chi connectivity index (χ3n) is 2.57. The van der Waals surface area contributed by atoms with E-state index in [1.165, 1.54) is 0 Å². The molecule has 6 nitrogen and oxygen atoms in total. The number of nitrogens with two attached hydrogens (primary N) is 1. The molecule has 0 fully saturated rings. The van der Waals surface area contributed by atoms with Crippen molar-refractivity contribution in [2.75, 3.05) is 29.5 Å². The molecule has 104 valence electrons. The first-order valence-corrected chi connectivity index (χ1v) is 8.13. The van der Waals surface area contributed by atoms with Crippen LogP contribution in [-0.4, -0.2) is 42.8 Å². The standard InChI is InChI=1S/C10H19N3O3S2/c1-4-18(15,16)8-9(11)12-17-10(8)13(5-6-14)7(2)3/h7,14H,4-6H2,1-3H3,(H2,11,12).